The van der Waals surface area contributed by atoms with Gasteiger partial charge in [-0.3, -0.25) is 4.79 Å². The monoisotopic (exact) mass is 598 g/mol. The molecule has 0 radical (unpaired) electrons. The number of benzene rings is 2. The lowest BCUT2D eigenvalue weighted by Crippen LogP contribution is -2.41. The minimum Gasteiger partial charge on any atom is -0.507 e. The zero-order valence-corrected chi connectivity index (χ0v) is 23.2. The Morgan fingerprint density at radius 1 is 1.11 bits per heavy atom. The molecule has 3 N–H and O–H groups in total. The van der Waals surface area contributed by atoms with Gasteiger partial charge in [-0.2, -0.15) is 17.5 Å². The fourth-order valence-corrected chi connectivity index (χ4v) is 7.34. The Bertz CT molecular complexity index is 1510. The number of nitrogens with two attached hydrogens (primary N) is 1. The Hall–Kier alpha value is -2.39. The maximum atomic E-state index is 14.0. The highest BCUT2D eigenvalue weighted by molar-refractivity contribution is 7.92. The lowest BCUT2D eigenvalue weighted by molar-refractivity contribution is -0.0436. The largest absolute Gasteiger partial charge is 0.507 e. The Labute approximate surface area is 223 Å². The van der Waals surface area contributed by atoms with E-state index in [1.54, 1.807) is 20.8 Å². The molecule has 1 aliphatic rings. The third-order valence-corrected chi connectivity index (χ3v) is 9.92. The molecule has 38 heavy (non-hydrogen) atoms. The van der Waals surface area contributed by atoms with E-state index in [1.807, 2.05) is 0 Å². The van der Waals surface area contributed by atoms with E-state index in [-0.39, 0.29) is 48.6 Å². The average Bonchev–Trinajstić information content (AvgIpc) is 2.77. The molecule has 0 aliphatic carbocycles. The number of ether oxygens (including phenoxy) is 1. The zero-order chi connectivity index (χ0) is 29.0. The maximum absolute atomic E-state index is 14.0. The van der Waals surface area contributed by atoms with Crippen molar-refractivity contribution in [2.45, 2.75) is 48.4 Å². The number of alkyl halides is 3. The van der Waals surface area contributed by atoms with Crippen LogP contribution in [0.1, 0.15) is 42.3 Å². The van der Waals surface area contributed by atoms with Crippen molar-refractivity contribution >= 4 is 37.4 Å². The number of primary amides is 1. The number of aromatic hydroxyl groups is 1. The van der Waals surface area contributed by atoms with Gasteiger partial charge in [-0.15, -0.1) is 0 Å². The van der Waals surface area contributed by atoms with Gasteiger partial charge in [0.2, 0.25) is 10.0 Å². The van der Waals surface area contributed by atoms with Crippen molar-refractivity contribution in [2.24, 2.45) is 5.73 Å². The molecule has 2 aromatic rings. The van der Waals surface area contributed by atoms with Crippen molar-refractivity contribution in [2.75, 3.05) is 26.3 Å². The number of sulfonamides is 1. The topological polar surface area (TPSA) is 144 Å². The van der Waals surface area contributed by atoms with Gasteiger partial charge in [0.05, 0.1) is 28.6 Å². The molecule has 0 atom stereocenters. The van der Waals surface area contributed by atoms with Crippen molar-refractivity contribution < 1.29 is 44.6 Å². The molecular formula is C23H26ClF3N2O7S2. The SMILES string of the molecule is Cc1c(C(N)=O)c(O)c(C(C)(C)C)c(-c2ccc(S(=O)(=O)C(F)(F)F)cc2Cl)c1S(=O)(=O)N1CCOCC1. The van der Waals surface area contributed by atoms with Crippen LogP contribution in [0.2, 0.25) is 5.02 Å². The molecular weight excluding hydrogens is 573 g/mol. The van der Waals surface area contributed by atoms with E-state index in [9.17, 15) is 39.9 Å². The van der Waals surface area contributed by atoms with Gasteiger partial charge in [-0.05, 0) is 30.0 Å². The summed E-state index contributed by atoms with van der Waals surface area (Å²) in [6.45, 7) is 6.19. The molecule has 0 unspecified atom stereocenters. The molecule has 15 heteroatoms. The van der Waals surface area contributed by atoms with Crippen LogP contribution in [-0.4, -0.2) is 64.0 Å². The fourth-order valence-electron chi connectivity index (χ4n) is 4.36. The first-order valence-electron chi connectivity index (χ1n) is 11.1. The summed E-state index contributed by atoms with van der Waals surface area (Å²) in [6, 6.07) is 2.15. The average molecular weight is 599 g/mol. The van der Waals surface area contributed by atoms with Crippen molar-refractivity contribution in [3.05, 3.63) is 39.9 Å². The second kappa shape index (κ2) is 9.97. The van der Waals surface area contributed by atoms with Crippen LogP contribution in [-0.2, 0) is 30.0 Å². The van der Waals surface area contributed by atoms with E-state index in [4.69, 9.17) is 22.1 Å². The molecule has 210 valence electrons. The minimum absolute atomic E-state index is 0.0324. The number of phenols is 1. The zero-order valence-electron chi connectivity index (χ0n) is 20.8. The van der Waals surface area contributed by atoms with Gasteiger partial charge in [-0.25, -0.2) is 16.8 Å². The summed E-state index contributed by atoms with van der Waals surface area (Å²) in [7, 11) is -10.2. The quantitative estimate of drug-likeness (QED) is 0.533. The molecule has 1 saturated heterocycles. The smallest absolute Gasteiger partial charge is 0.501 e. The molecule has 0 spiro atoms. The summed E-state index contributed by atoms with van der Waals surface area (Å²) in [4.78, 5) is 10.8. The van der Waals surface area contributed by atoms with E-state index < -0.39 is 62.8 Å². The Balaban J connectivity index is 2.53. The van der Waals surface area contributed by atoms with Crippen molar-refractivity contribution in [3.8, 4) is 16.9 Å². The highest BCUT2D eigenvalue weighted by Gasteiger charge is 2.47. The normalized spacial score (nSPS) is 16.0. The number of rotatable bonds is 5. The lowest BCUT2D eigenvalue weighted by atomic mass is 9.78. The van der Waals surface area contributed by atoms with Crippen LogP contribution in [0.4, 0.5) is 13.2 Å². The van der Waals surface area contributed by atoms with Gasteiger partial charge >= 0.3 is 5.51 Å². The first-order chi connectivity index (χ1) is 17.2. The lowest BCUT2D eigenvalue weighted by Gasteiger charge is -2.32. The van der Waals surface area contributed by atoms with Crippen molar-refractivity contribution in [3.63, 3.8) is 0 Å². The van der Waals surface area contributed by atoms with Crippen LogP contribution in [0.15, 0.2) is 28.0 Å². The summed E-state index contributed by atoms with van der Waals surface area (Å²) in [5.74, 6) is -1.73. The third kappa shape index (κ3) is 5.11. The number of sulfone groups is 1. The molecule has 1 aliphatic heterocycles. The van der Waals surface area contributed by atoms with Crippen LogP contribution < -0.4 is 5.73 Å². The second-order valence-corrected chi connectivity index (χ2v) is 13.9. The number of hydrogen-bond donors (Lipinski definition) is 2. The van der Waals surface area contributed by atoms with Crippen LogP contribution >= 0.6 is 11.6 Å². The summed E-state index contributed by atoms with van der Waals surface area (Å²) < 4.78 is 97.6. The Morgan fingerprint density at radius 2 is 1.66 bits per heavy atom. The molecule has 0 bridgehead atoms. The van der Waals surface area contributed by atoms with Gasteiger partial charge in [0.25, 0.3) is 15.7 Å². The van der Waals surface area contributed by atoms with Crippen LogP contribution in [0, 0.1) is 6.92 Å². The van der Waals surface area contributed by atoms with Gasteiger partial charge in [0.15, 0.2) is 0 Å². The van der Waals surface area contributed by atoms with Gasteiger partial charge in [-0.1, -0.05) is 38.4 Å². The molecule has 2 aromatic carbocycles. The first kappa shape index (κ1) is 30.2. The molecule has 0 saturated carbocycles. The molecule has 1 heterocycles. The van der Waals surface area contributed by atoms with Crippen LogP contribution in [0.3, 0.4) is 0 Å². The highest BCUT2D eigenvalue weighted by Crippen LogP contribution is 2.49. The second-order valence-electron chi connectivity index (χ2n) is 9.65. The number of carbonyl (C=O) groups is 1. The van der Waals surface area contributed by atoms with Crippen molar-refractivity contribution in [1.82, 2.24) is 4.31 Å². The van der Waals surface area contributed by atoms with E-state index >= 15 is 0 Å². The van der Waals surface area contributed by atoms with Crippen molar-refractivity contribution in [1.29, 1.82) is 0 Å². The van der Waals surface area contributed by atoms with E-state index in [0.717, 1.165) is 10.4 Å². The molecule has 3 rings (SSSR count). The molecule has 0 aromatic heterocycles. The summed E-state index contributed by atoms with van der Waals surface area (Å²) in [5, 5.41) is 10.7. The summed E-state index contributed by atoms with van der Waals surface area (Å²) in [5.41, 5.74) is -2.22. The van der Waals surface area contributed by atoms with E-state index in [2.05, 4.69) is 0 Å². The molecule has 9 nitrogen and oxygen atoms in total. The van der Waals surface area contributed by atoms with Crippen LogP contribution in [0.25, 0.3) is 11.1 Å². The first-order valence-corrected chi connectivity index (χ1v) is 14.4. The predicted molar refractivity (Wildman–Crippen MR) is 133 cm³/mol. The van der Waals surface area contributed by atoms with Gasteiger partial charge in [0.1, 0.15) is 5.75 Å². The summed E-state index contributed by atoms with van der Waals surface area (Å²) >= 11 is 6.32. The number of amides is 1. The number of nitrogens with zero attached hydrogens (tertiary/aromatic N) is 1. The van der Waals surface area contributed by atoms with Gasteiger partial charge in [0, 0.05) is 34.8 Å². The highest BCUT2D eigenvalue weighted by atomic mass is 35.5. The van der Waals surface area contributed by atoms with Gasteiger partial charge < -0.3 is 15.6 Å². The standard InChI is InChI=1S/C23H26ClF3N2O7S2/c1-12-16(21(28)31)19(30)18(22(2,3)4)17(20(12)38(34,35)29-7-9-36-10-8-29)14-6-5-13(11-15(14)24)37(32,33)23(25,26)27/h5-6,11,30H,7-10H2,1-4H3,(H2,28,31). The Morgan fingerprint density at radius 3 is 2.11 bits per heavy atom. The van der Waals surface area contributed by atoms with Crippen LogP contribution in [0.5, 0.6) is 5.75 Å². The minimum atomic E-state index is -5.76. The maximum Gasteiger partial charge on any atom is 0.501 e. The Kier molecular flexibility index (Phi) is 7.91. The predicted octanol–water partition coefficient (Wildman–Crippen LogP) is 3.73. The van der Waals surface area contributed by atoms with E-state index in [1.165, 1.54) is 6.92 Å². The number of halogens is 4. The summed E-state index contributed by atoms with van der Waals surface area (Å²) in [6.07, 6.45) is 0. The fraction of sp³-hybridized carbons (Fsp3) is 0.435. The molecule has 1 amide bonds. The number of morpholine rings is 1. The number of hydrogen-bond acceptors (Lipinski definition) is 7. The number of carbonyl (C=O) groups excluding carboxylic acids is 1. The van der Waals surface area contributed by atoms with E-state index in [0.29, 0.717) is 12.1 Å². The molecule has 1 fully saturated rings. The third-order valence-electron chi connectivity index (χ3n) is 6.06.